The van der Waals surface area contributed by atoms with Gasteiger partial charge in [0.25, 0.3) is 11.8 Å². The lowest BCUT2D eigenvalue weighted by atomic mass is 10.0. The summed E-state index contributed by atoms with van der Waals surface area (Å²) in [5, 5.41) is 2.79. The van der Waals surface area contributed by atoms with Gasteiger partial charge in [-0.2, -0.15) is 0 Å². The molecule has 1 aliphatic heterocycles. The molecule has 1 N–H and O–H groups in total. The number of aryl methyl sites for hydroxylation is 1. The zero-order chi connectivity index (χ0) is 26.9. The Bertz CT molecular complexity index is 1400. The lowest BCUT2D eigenvalue weighted by Gasteiger charge is -2.36. The molecule has 2 heterocycles. The fourth-order valence-electron chi connectivity index (χ4n) is 4.98. The monoisotopic (exact) mass is 516 g/mol. The third-order valence-electron chi connectivity index (χ3n) is 7.28. The molecule has 1 fully saturated rings. The summed E-state index contributed by atoms with van der Waals surface area (Å²) in [5.41, 5.74) is 3.74. The molecule has 0 bridgehead atoms. The Morgan fingerprint density at radius 3 is 2.58 bits per heavy atom. The Balaban J connectivity index is 1.33. The van der Waals surface area contributed by atoms with E-state index >= 15 is 8.78 Å². The van der Waals surface area contributed by atoms with Crippen LogP contribution in [0.5, 0.6) is 5.88 Å². The summed E-state index contributed by atoms with van der Waals surface area (Å²) in [5.74, 6) is 3.33. The van der Waals surface area contributed by atoms with Crippen molar-refractivity contribution in [3.63, 3.8) is 0 Å². The minimum Gasteiger partial charge on any atom is -0.481 e. The van der Waals surface area contributed by atoms with Gasteiger partial charge in [0.05, 0.1) is 7.11 Å². The van der Waals surface area contributed by atoms with E-state index in [9.17, 15) is 4.79 Å². The zero-order valence-corrected chi connectivity index (χ0v) is 21.7. The fourth-order valence-corrected chi connectivity index (χ4v) is 4.98. The van der Waals surface area contributed by atoms with Crippen molar-refractivity contribution in [2.45, 2.75) is 25.3 Å². The van der Waals surface area contributed by atoms with Gasteiger partial charge in [0.15, 0.2) is 0 Å². The number of nitrogens with zero attached hydrogens (tertiary/aromatic N) is 3. The van der Waals surface area contributed by atoms with Gasteiger partial charge in [-0.1, -0.05) is 24.0 Å². The summed E-state index contributed by atoms with van der Waals surface area (Å²) in [6, 6.07) is 13.3. The first-order valence-corrected chi connectivity index (χ1v) is 12.6. The van der Waals surface area contributed by atoms with Gasteiger partial charge in [-0.3, -0.25) is 9.69 Å². The predicted octanol–water partition coefficient (Wildman–Crippen LogP) is 4.83. The highest BCUT2D eigenvalue weighted by molar-refractivity contribution is 6.04. The molecular formula is C30H30F2N4O2. The number of fused-ring (bicyclic) bond motifs is 1. The molecule has 6 nitrogen and oxygen atoms in total. The van der Waals surface area contributed by atoms with Crippen LogP contribution in [0.15, 0.2) is 54.7 Å². The predicted molar refractivity (Wildman–Crippen MR) is 143 cm³/mol. The van der Waals surface area contributed by atoms with Crippen molar-refractivity contribution in [3.8, 4) is 17.7 Å². The number of piperazine rings is 1. The molecule has 1 atom stereocenters. The van der Waals surface area contributed by atoms with E-state index in [-0.39, 0.29) is 23.9 Å². The second kappa shape index (κ2) is 10.5. The number of anilines is 1. The van der Waals surface area contributed by atoms with Crippen molar-refractivity contribution in [3.05, 3.63) is 88.1 Å². The largest absolute Gasteiger partial charge is 0.481 e. The number of hydrogen-bond acceptors (Lipinski definition) is 5. The van der Waals surface area contributed by atoms with Crippen molar-refractivity contribution >= 4 is 11.6 Å². The molecule has 2 aromatic carbocycles. The highest BCUT2D eigenvalue weighted by atomic mass is 19.3. The second-order valence-corrected chi connectivity index (χ2v) is 9.89. The Hall–Kier alpha value is -3.80. The number of nitrogens with one attached hydrogen (secondary N) is 1. The van der Waals surface area contributed by atoms with Gasteiger partial charge in [-0.05, 0) is 55.4 Å². The van der Waals surface area contributed by atoms with Crippen molar-refractivity contribution in [1.82, 2.24) is 14.8 Å². The van der Waals surface area contributed by atoms with Crippen LogP contribution in [0.3, 0.4) is 0 Å². The number of rotatable bonds is 4. The van der Waals surface area contributed by atoms with Gasteiger partial charge in [-0.15, -0.1) is 0 Å². The number of alkyl halides is 2. The van der Waals surface area contributed by atoms with Crippen LogP contribution >= 0.6 is 0 Å². The van der Waals surface area contributed by atoms with Crippen LogP contribution in [-0.4, -0.2) is 61.0 Å². The Morgan fingerprint density at radius 2 is 1.87 bits per heavy atom. The van der Waals surface area contributed by atoms with E-state index in [1.807, 2.05) is 26.1 Å². The molecule has 8 heteroatoms. The number of likely N-dealkylation sites (N-methyl/N-ethyl adjacent to an activating group) is 1. The molecule has 38 heavy (non-hydrogen) atoms. The molecule has 5 rings (SSSR count). The minimum atomic E-state index is -2.94. The van der Waals surface area contributed by atoms with Crippen LogP contribution in [0.4, 0.5) is 14.5 Å². The normalized spacial score (nSPS) is 18.8. The summed E-state index contributed by atoms with van der Waals surface area (Å²) in [6.07, 6.45) is 1.39. The second-order valence-electron chi connectivity index (χ2n) is 9.89. The maximum atomic E-state index is 15.0. The van der Waals surface area contributed by atoms with Crippen LogP contribution in [0, 0.1) is 18.8 Å². The third-order valence-corrected chi connectivity index (χ3v) is 7.28. The molecule has 1 saturated heterocycles. The average molecular weight is 517 g/mol. The van der Waals surface area contributed by atoms with E-state index in [2.05, 4.69) is 31.9 Å². The summed E-state index contributed by atoms with van der Waals surface area (Å²) in [4.78, 5) is 21.5. The number of benzene rings is 2. The highest BCUT2D eigenvalue weighted by Gasteiger charge is 2.47. The summed E-state index contributed by atoms with van der Waals surface area (Å²) >= 11 is 0. The van der Waals surface area contributed by atoms with E-state index in [4.69, 9.17) is 4.74 Å². The van der Waals surface area contributed by atoms with Crippen LogP contribution < -0.4 is 10.1 Å². The van der Waals surface area contributed by atoms with E-state index in [1.54, 1.807) is 43.6 Å². The van der Waals surface area contributed by atoms with Crippen LogP contribution in [0.1, 0.15) is 50.6 Å². The smallest absolute Gasteiger partial charge is 0.275 e. The zero-order valence-electron chi connectivity index (χ0n) is 21.7. The van der Waals surface area contributed by atoms with E-state index in [0.717, 1.165) is 31.7 Å². The van der Waals surface area contributed by atoms with Crippen molar-refractivity contribution in [2.75, 3.05) is 45.7 Å². The van der Waals surface area contributed by atoms with Gasteiger partial charge < -0.3 is 15.0 Å². The number of halogens is 2. The van der Waals surface area contributed by atoms with Crippen LogP contribution in [0.2, 0.25) is 0 Å². The van der Waals surface area contributed by atoms with Gasteiger partial charge in [0.2, 0.25) is 5.88 Å². The van der Waals surface area contributed by atoms with Crippen LogP contribution in [0.25, 0.3) is 0 Å². The van der Waals surface area contributed by atoms with E-state index < -0.39 is 5.92 Å². The lowest BCUT2D eigenvalue weighted by molar-refractivity contribution is -0.0257. The Labute approximate surface area is 221 Å². The summed E-state index contributed by atoms with van der Waals surface area (Å²) < 4.78 is 35.2. The summed E-state index contributed by atoms with van der Waals surface area (Å²) in [7, 11) is 3.60. The van der Waals surface area contributed by atoms with Crippen molar-refractivity contribution in [1.29, 1.82) is 0 Å². The fraction of sp³-hybridized carbons (Fsp3) is 0.333. The van der Waals surface area contributed by atoms with Crippen molar-refractivity contribution in [2.24, 2.45) is 0 Å². The molecule has 2 aliphatic rings. The molecule has 1 amide bonds. The quantitative estimate of drug-likeness (QED) is 0.504. The third kappa shape index (κ3) is 5.40. The number of aromatic nitrogens is 1. The molecule has 1 unspecified atom stereocenters. The first-order valence-electron chi connectivity index (χ1n) is 12.6. The SMILES string of the molecule is COc1ccc(C#Cc2cc(C(=O)Nc3ccc4c(c3)C(F)(F)CC4N3CCN(C)CC3)ccc2C)cn1. The van der Waals surface area contributed by atoms with Gasteiger partial charge in [-0.25, -0.2) is 13.8 Å². The number of ether oxygens (including phenoxy) is 1. The summed E-state index contributed by atoms with van der Waals surface area (Å²) in [6.45, 7) is 5.18. The van der Waals surface area contributed by atoms with E-state index in [0.29, 0.717) is 33.8 Å². The molecule has 0 radical (unpaired) electrons. The van der Waals surface area contributed by atoms with Gasteiger partial charge >= 0.3 is 0 Å². The average Bonchev–Trinajstić information content (AvgIpc) is 3.19. The molecule has 0 spiro atoms. The number of methoxy groups -OCH3 is 1. The topological polar surface area (TPSA) is 57.7 Å². The Morgan fingerprint density at radius 1 is 1.08 bits per heavy atom. The Kier molecular flexibility index (Phi) is 7.15. The molecule has 0 saturated carbocycles. The first kappa shape index (κ1) is 25.8. The first-order chi connectivity index (χ1) is 18.2. The number of carbonyl (C=O) groups is 1. The molecule has 196 valence electrons. The standard InChI is InChI=1S/C30H30F2N4O2/c1-20-4-7-23(16-22(20)8-5-21-6-11-28(38-3)33-19-21)29(37)34-24-9-10-25-26(17-24)30(31,32)18-27(25)36-14-12-35(2)13-15-36/h4,6-7,9-11,16-17,19,27H,12-15,18H2,1-3H3,(H,34,37). The van der Waals surface area contributed by atoms with Crippen LogP contribution in [-0.2, 0) is 5.92 Å². The maximum absolute atomic E-state index is 15.0. The number of amides is 1. The minimum absolute atomic E-state index is 0.00258. The lowest BCUT2D eigenvalue weighted by Crippen LogP contribution is -2.45. The van der Waals surface area contributed by atoms with Gasteiger partial charge in [0.1, 0.15) is 0 Å². The number of carbonyl (C=O) groups excluding carboxylic acids is 1. The van der Waals surface area contributed by atoms with Gasteiger partial charge in [0, 0.05) is 78.8 Å². The molecule has 1 aromatic heterocycles. The highest BCUT2D eigenvalue weighted by Crippen LogP contribution is 2.50. The number of pyridine rings is 1. The van der Waals surface area contributed by atoms with Crippen molar-refractivity contribution < 1.29 is 18.3 Å². The molecular weight excluding hydrogens is 486 g/mol. The maximum Gasteiger partial charge on any atom is 0.275 e. The molecule has 1 aliphatic carbocycles. The molecule has 3 aromatic rings. The van der Waals surface area contributed by atoms with E-state index in [1.165, 1.54) is 6.07 Å². The number of hydrogen-bond donors (Lipinski definition) is 1.